The van der Waals surface area contributed by atoms with Gasteiger partial charge in [-0.15, -0.1) is 0 Å². The summed E-state index contributed by atoms with van der Waals surface area (Å²) in [5.41, 5.74) is 1.06. The van der Waals surface area contributed by atoms with Crippen molar-refractivity contribution in [3.05, 3.63) is 42.0 Å². The molecule has 0 fully saturated rings. The third-order valence-corrected chi connectivity index (χ3v) is 3.28. The fourth-order valence-electron chi connectivity index (χ4n) is 1.95. The van der Waals surface area contributed by atoms with E-state index in [2.05, 4.69) is 20.4 Å². The second-order valence-electron chi connectivity index (χ2n) is 5.24. The van der Waals surface area contributed by atoms with Gasteiger partial charge < -0.3 is 9.84 Å². The van der Waals surface area contributed by atoms with Crippen LogP contribution in [0.15, 0.2) is 30.9 Å². The number of ether oxygens (including phenoxy) is 1. The van der Waals surface area contributed by atoms with Gasteiger partial charge in [-0.2, -0.15) is 0 Å². The normalized spacial score (nSPS) is 20.8. The first-order chi connectivity index (χ1) is 7.37. The van der Waals surface area contributed by atoms with Crippen molar-refractivity contribution in [2.24, 2.45) is 0 Å². The van der Waals surface area contributed by atoms with Crippen LogP contribution >= 0.6 is 0 Å². The van der Waals surface area contributed by atoms with Crippen LogP contribution in [0.3, 0.4) is 0 Å². The zero-order valence-electron chi connectivity index (χ0n) is 10.1. The Balaban J connectivity index is 2.51. The maximum Gasteiger partial charge on any atom is 0.123 e. The summed E-state index contributed by atoms with van der Waals surface area (Å²) in [6, 6.07) is 5.84. The maximum absolute atomic E-state index is 10.1. The van der Waals surface area contributed by atoms with E-state index in [9.17, 15) is 5.11 Å². The Labute approximate surface area is 96.6 Å². The quantitative estimate of drug-likeness (QED) is 0.773. The summed E-state index contributed by atoms with van der Waals surface area (Å²) in [7, 11) is 0. The molecule has 0 amide bonds. The molecule has 1 aliphatic heterocycles. The second-order valence-corrected chi connectivity index (χ2v) is 5.24. The standard InChI is InChI=1S/C14H18O2/c1-5-14(4,15)10-6-7-12-11(8-10)13(2,3)9-16-12/h5-8,15H,1,9H2,2-4H3. The smallest absolute Gasteiger partial charge is 0.123 e. The summed E-state index contributed by atoms with van der Waals surface area (Å²) in [5, 5.41) is 10.1. The predicted molar refractivity (Wildman–Crippen MR) is 64.7 cm³/mol. The first-order valence-corrected chi connectivity index (χ1v) is 5.50. The van der Waals surface area contributed by atoms with E-state index in [1.54, 1.807) is 13.0 Å². The van der Waals surface area contributed by atoms with Crippen molar-refractivity contribution in [2.75, 3.05) is 6.61 Å². The number of benzene rings is 1. The summed E-state index contributed by atoms with van der Waals surface area (Å²) in [6.45, 7) is 10.4. The van der Waals surface area contributed by atoms with Gasteiger partial charge in [-0.05, 0) is 24.6 Å². The van der Waals surface area contributed by atoms with Crippen LogP contribution < -0.4 is 4.74 Å². The lowest BCUT2D eigenvalue weighted by Crippen LogP contribution is -2.21. The molecule has 0 saturated carbocycles. The molecule has 2 rings (SSSR count). The van der Waals surface area contributed by atoms with E-state index in [1.807, 2.05) is 18.2 Å². The molecule has 0 aliphatic carbocycles. The van der Waals surface area contributed by atoms with Crippen molar-refractivity contribution < 1.29 is 9.84 Å². The molecule has 2 heteroatoms. The molecule has 86 valence electrons. The summed E-state index contributed by atoms with van der Waals surface area (Å²) in [6.07, 6.45) is 1.55. The van der Waals surface area contributed by atoms with Crippen molar-refractivity contribution in [3.63, 3.8) is 0 Å². The van der Waals surface area contributed by atoms with E-state index in [-0.39, 0.29) is 5.41 Å². The minimum Gasteiger partial charge on any atom is -0.492 e. The van der Waals surface area contributed by atoms with Gasteiger partial charge in [-0.1, -0.05) is 32.6 Å². The van der Waals surface area contributed by atoms with Crippen LogP contribution in [0.2, 0.25) is 0 Å². The summed E-state index contributed by atoms with van der Waals surface area (Å²) in [5.74, 6) is 0.925. The van der Waals surface area contributed by atoms with Gasteiger partial charge in [-0.25, -0.2) is 0 Å². The fourth-order valence-corrected chi connectivity index (χ4v) is 1.95. The molecule has 1 aromatic carbocycles. The van der Waals surface area contributed by atoms with Gasteiger partial charge in [0.2, 0.25) is 0 Å². The summed E-state index contributed by atoms with van der Waals surface area (Å²) >= 11 is 0. The van der Waals surface area contributed by atoms with E-state index in [1.165, 1.54) is 0 Å². The van der Waals surface area contributed by atoms with Crippen molar-refractivity contribution in [3.8, 4) is 5.75 Å². The van der Waals surface area contributed by atoms with Gasteiger partial charge in [0.25, 0.3) is 0 Å². The van der Waals surface area contributed by atoms with Crippen LogP contribution in [-0.4, -0.2) is 11.7 Å². The average molecular weight is 218 g/mol. The van der Waals surface area contributed by atoms with Gasteiger partial charge in [0.1, 0.15) is 11.4 Å². The van der Waals surface area contributed by atoms with Gasteiger partial charge >= 0.3 is 0 Å². The topological polar surface area (TPSA) is 29.5 Å². The molecule has 0 saturated heterocycles. The number of hydrogen-bond donors (Lipinski definition) is 1. The van der Waals surface area contributed by atoms with Crippen LogP contribution in [0.1, 0.15) is 31.9 Å². The molecule has 1 aromatic rings. The van der Waals surface area contributed by atoms with Crippen LogP contribution in [0.5, 0.6) is 5.75 Å². The lowest BCUT2D eigenvalue weighted by molar-refractivity contribution is 0.111. The molecule has 1 N–H and O–H groups in total. The summed E-state index contributed by atoms with van der Waals surface area (Å²) in [4.78, 5) is 0. The Morgan fingerprint density at radius 1 is 1.50 bits per heavy atom. The maximum atomic E-state index is 10.1. The van der Waals surface area contributed by atoms with E-state index < -0.39 is 5.60 Å². The highest BCUT2D eigenvalue weighted by atomic mass is 16.5. The minimum absolute atomic E-state index is 0.0165. The summed E-state index contributed by atoms with van der Waals surface area (Å²) < 4.78 is 5.61. The SMILES string of the molecule is C=CC(C)(O)c1ccc2c(c1)C(C)(C)CO2. The molecule has 0 radical (unpaired) electrons. The van der Waals surface area contributed by atoms with Gasteiger partial charge in [0, 0.05) is 11.0 Å². The minimum atomic E-state index is -0.978. The lowest BCUT2D eigenvalue weighted by Gasteiger charge is -2.22. The fraction of sp³-hybridized carbons (Fsp3) is 0.429. The van der Waals surface area contributed by atoms with E-state index in [0.717, 1.165) is 16.9 Å². The Kier molecular flexibility index (Phi) is 2.35. The molecule has 2 nitrogen and oxygen atoms in total. The van der Waals surface area contributed by atoms with Crippen LogP contribution in [-0.2, 0) is 11.0 Å². The number of aliphatic hydroxyl groups is 1. The highest BCUT2D eigenvalue weighted by Gasteiger charge is 2.33. The molecule has 1 heterocycles. The molecular weight excluding hydrogens is 200 g/mol. The molecule has 16 heavy (non-hydrogen) atoms. The Hall–Kier alpha value is -1.28. The first kappa shape index (κ1) is 11.2. The van der Waals surface area contributed by atoms with E-state index in [4.69, 9.17) is 4.74 Å². The zero-order valence-corrected chi connectivity index (χ0v) is 10.1. The van der Waals surface area contributed by atoms with Crippen molar-refractivity contribution in [1.82, 2.24) is 0 Å². The molecule has 0 aromatic heterocycles. The van der Waals surface area contributed by atoms with E-state index >= 15 is 0 Å². The van der Waals surface area contributed by atoms with E-state index in [0.29, 0.717) is 6.61 Å². The number of fused-ring (bicyclic) bond motifs is 1. The van der Waals surface area contributed by atoms with Crippen LogP contribution in [0.4, 0.5) is 0 Å². The van der Waals surface area contributed by atoms with Gasteiger partial charge in [0.05, 0.1) is 6.61 Å². The second kappa shape index (κ2) is 3.36. The first-order valence-electron chi connectivity index (χ1n) is 5.50. The largest absolute Gasteiger partial charge is 0.492 e. The third kappa shape index (κ3) is 1.63. The van der Waals surface area contributed by atoms with Crippen molar-refractivity contribution in [1.29, 1.82) is 0 Å². The third-order valence-electron chi connectivity index (χ3n) is 3.28. The average Bonchev–Trinajstić information content (AvgIpc) is 2.55. The molecular formula is C14H18O2. The number of rotatable bonds is 2. The Morgan fingerprint density at radius 2 is 2.19 bits per heavy atom. The predicted octanol–water partition coefficient (Wildman–Crippen LogP) is 2.75. The van der Waals surface area contributed by atoms with Crippen LogP contribution in [0, 0.1) is 0 Å². The molecule has 0 spiro atoms. The molecule has 1 aliphatic rings. The zero-order chi connectivity index (χ0) is 12.0. The number of hydrogen-bond acceptors (Lipinski definition) is 2. The Morgan fingerprint density at radius 3 is 2.81 bits per heavy atom. The van der Waals surface area contributed by atoms with Crippen molar-refractivity contribution >= 4 is 0 Å². The van der Waals surface area contributed by atoms with Crippen molar-refractivity contribution in [2.45, 2.75) is 31.8 Å². The molecule has 1 unspecified atom stereocenters. The molecule has 1 atom stereocenters. The Bertz CT molecular complexity index is 430. The lowest BCUT2D eigenvalue weighted by atomic mass is 9.84. The van der Waals surface area contributed by atoms with Gasteiger partial charge in [0.15, 0.2) is 0 Å². The van der Waals surface area contributed by atoms with Gasteiger partial charge in [-0.3, -0.25) is 0 Å². The highest BCUT2D eigenvalue weighted by Crippen LogP contribution is 2.40. The monoisotopic (exact) mass is 218 g/mol. The molecule has 0 bridgehead atoms. The highest BCUT2D eigenvalue weighted by molar-refractivity contribution is 5.47. The van der Waals surface area contributed by atoms with Crippen LogP contribution in [0.25, 0.3) is 0 Å².